The molecule has 0 radical (unpaired) electrons. The van der Waals surface area contributed by atoms with Crippen LogP contribution in [-0.2, 0) is 4.79 Å². The number of rotatable bonds is 2. The van der Waals surface area contributed by atoms with Gasteiger partial charge >= 0.3 is 0 Å². The molecule has 2 nitrogen and oxygen atoms in total. The van der Waals surface area contributed by atoms with Crippen LogP contribution in [0.4, 0.5) is 0 Å². The molecule has 1 fully saturated rings. The van der Waals surface area contributed by atoms with Gasteiger partial charge in [-0.25, -0.2) is 0 Å². The van der Waals surface area contributed by atoms with Gasteiger partial charge in [0.15, 0.2) is 5.78 Å². The summed E-state index contributed by atoms with van der Waals surface area (Å²) in [4.78, 5) is 23.4. The van der Waals surface area contributed by atoms with Crippen molar-refractivity contribution in [1.29, 1.82) is 0 Å². The van der Waals surface area contributed by atoms with Gasteiger partial charge in [0.05, 0.1) is 0 Å². The summed E-state index contributed by atoms with van der Waals surface area (Å²) < 4.78 is 0. The quantitative estimate of drug-likeness (QED) is 0.712. The molecule has 2 heteroatoms. The molecule has 0 aliphatic heterocycles. The summed E-state index contributed by atoms with van der Waals surface area (Å²) >= 11 is 0. The van der Waals surface area contributed by atoms with E-state index < -0.39 is 0 Å². The minimum absolute atomic E-state index is 0.0759. The molecular weight excluding hydrogens is 200 g/mol. The number of carbonyl (C=O) groups is 2. The molecular formula is C14H16O2. The first-order valence-corrected chi connectivity index (χ1v) is 5.71. The Morgan fingerprint density at radius 1 is 1.31 bits per heavy atom. The van der Waals surface area contributed by atoms with Gasteiger partial charge in [-0.05, 0) is 31.9 Å². The zero-order valence-electron chi connectivity index (χ0n) is 9.75. The van der Waals surface area contributed by atoms with E-state index in [0.717, 1.165) is 23.1 Å². The molecule has 0 bridgehead atoms. The van der Waals surface area contributed by atoms with Crippen LogP contribution in [0.2, 0.25) is 0 Å². The predicted octanol–water partition coefficient (Wildman–Crippen LogP) is 2.86. The summed E-state index contributed by atoms with van der Waals surface area (Å²) in [6.45, 7) is 3.93. The van der Waals surface area contributed by atoms with Crippen LogP contribution in [-0.4, -0.2) is 11.6 Å². The van der Waals surface area contributed by atoms with Gasteiger partial charge in [0.25, 0.3) is 0 Å². The zero-order chi connectivity index (χ0) is 11.7. The van der Waals surface area contributed by atoms with Crippen molar-refractivity contribution >= 4 is 11.6 Å². The van der Waals surface area contributed by atoms with E-state index in [1.165, 1.54) is 0 Å². The summed E-state index contributed by atoms with van der Waals surface area (Å²) in [5, 5.41) is 0. The third kappa shape index (κ3) is 2.06. The molecule has 1 aromatic rings. The normalized spacial score (nSPS) is 20.1. The molecule has 1 saturated carbocycles. The van der Waals surface area contributed by atoms with Crippen LogP contribution >= 0.6 is 0 Å². The molecule has 0 N–H and O–H groups in total. The number of aryl methyl sites for hydroxylation is 2. The Hall–Kier alpha value is -1.44. The maximum Gasteiger partial charge on any atom is 0.166 e. The minimum Gasteiger partial charge on any atom is -0.300 e. The Balaban J connectivity index is 2.27. The van der Waals surface area contributed by atoms with Gasteiger partial charge in [0.2, 0.25) is 0 Å². The zero-order valence-corrected chi connectivity index (χ0v) is 9.75. The fraction of sp³-hybridized carbons (Fsp3) is 0.429. The van der Waals surface area contributed by atoms with E-state index in [-0.39, 0.29) is 17.5 Å². The lowest BCUT2D eigenvalue weighted by Gasteiger charge is -2.10. The van der Waals surface area contributed by atoms with Crippen LogP contribution in [0.1, 0.15) is 40.7 Å². The average Bonchev–Trinajstić information content (AvgIpc) is 2.67. The maximum atomic E-state index is 12.2. The summed E-state index contributed by atoms with van der Waals surface area (Å²) in [6, 6.07) is 5.91. The van der Waals surface area contributed by atoms with Crippen LogP contribution in [0.15, 0.2) is 18.2 Å². The Kier molecular flexibility index (Phi) is 2.90. The molecule has 1 aliphatic carbocycles. The highest BCUT2D eigenvalue weighted by molar-refractivity contribution is 6.02. The molecule has 84 valence electrons. The van der Waals surface area contributed by atoms with E-state index >= 15 is 0 Å². The van der Waals surface area contributed by atoms with Crippen molar-refractivity contribution in [2.75, 3.05) is 0 Å². The molecule has 1 unspecified atom stereocenters. The lowest BCUT2D eigenvalue weighted by atomic mass is 9.92. The number of hydrogen-bond acceptors (Lipinski definition) is 2. The molecule has 16 heavy (non-hydrogen) atoms. The molecule has 0 amide bonds. The van der Waals surface area contributed by atoms with Gasteiger partial charge < -0.3 is 0 Å². The monoisotopic (exact) mass is 216 g/mol. The fourth-order valence-electron chi connectivity index (χ4n) is 2.26. The molecule has 1 aliphatic rings. The van der Waals surface area contributed by atoms with Gasteiger partial charge in [-0.1, -0.05) is 17.7 Å². The minimum atomic E-state index is -0.0759. The summed E-state index contributed by atoms with van der Waals surface area (Å²) in [7, 11) is 0. The number of hydrogen-bond donors (Lipinski definition) is 0. The lowest BCUT2D eigenvalue weighted by molar-refractivity contribution is -0.117. The molecule has 0 heterocycles. The van der Waals surface area contributed by atoms with Crippen molar-refractivity contribution in [3.05, 3.63) is 34.9 Å². The molecule has 0 aromatic heterocycles. The first-order valence-electron chi connectivity index (χ1n) is 5.71. The molecule has 1 aromatic carbocycles. The van der Waals surface area contributed by atoms with E-state index in [1.54, 1.807) is 0 Å². The molecule has 1 atom stereocenters. The van der Waals surface area contributed by atoms with Gasteiger partial charge in [0, 0.05) is 24.3 Å². The number of ketones is 2. The number of carbonyl (C=O) groups excluding carboxylic acids is 2. The molecule has 0 saturated heterocycles. The maximum absolute atomic E-state index is 12.2. The van der Waals surface area contributed by atoms with E-state index in [9.17, 15) is 9.59 Å². The second-order valence-corrected chi connectivity index (χ2v) is 4.66. The fourth-order valence-corrected chi connectivity index (χ4v) is 2.26. The number of Topliss-reactive ketones (excluding diaryl/α,β-unsaturated/α-hetero) is 2. The second kappa shape index (κ2) is 4.20. The topological polar surface area (TPSA) is 34.1 Å². The average molecular weight is 216 g/mol. The SMILES string of the molecule is Cc1ccc(C)c(C(=O)C2CCC(=O)C2)c1. The van der Waals surface area contributed by atoms with Crippen LogP contribution in [0.25, 0.3) is 0 Å². The first-order chi connectivity index (χ1) is 7.58. The third-order valence-electron chi connectivity index (χ3n) is 3.28. The van der Waals surface area contributed by atoms with Crippen LogP contribution in [0, 0.1) is 19.8 Å². The summed E-state index contributed by atoms with van der Waals surface area (Å²) in [6.07, 6.45) is 1.73. The highest BCUT2D eigenvalue weighted by Gasteiger charge is 2.29. The Morgan fingerprint density at radius 3 is 2.69 bits per heavy atom. The second-order valence-electron chi connectivity index (χ2n) is 4.66. The molecule has 0 spiro atoms. The van der Waals surface area contributed by atoms with Crippen molar-refractivity contribution in [1.82, 2.24) is 0 Å². The van der Waals surface area contributed by atoms with Crippen LogP contribution < -0.4 is 0 Å². The van der Waals surface area contributed by atoms with E-state index in [1.807, 2.05) is 32.0 Å². The summed E-state index contributed by atoms with van der Waals surface area (Å²) in [5.41, 5.74) is 2.90. The van der Waals surface area contributed by atoms with Crippen molar-refractivity contribution in [2.24, 2.45) is 5.92 Å². The van der Waals surface area contributed by atoms with Gasteiger partial charge in [-0.15, -0.1) is 0 Å². The van der Waals surface area contributed by atoms with Crippen LogP contribution in [0.3, 0.4) is 0 Å². The molecule has 2 rings (SSSR count). The van der Waals surface area contributed by atoms with E-state index in [0.29, 0.717) is 12.8 Å². The first kappa shape index (κ1) is 11.1. The standard InChI is InChI=1S/C14H16O2/c1-9-3-4-10(2)13(7-9)14(16)11-5-6-12(15)8-11/h3-4,7,11H,5-6,8H2,1-2H3. The highest BCUT2D eigenvalue weighted by Crippen LogP contribution is 2.27. The number of benzene rings is 1. The van der Waals surface area contributed by atoms with Crippen molar-refractivity contribution < 1.29 is 9.59 Å². The van der Waals surface area contributed by atoms with Crippen LogP contribution in [0.5, 0.6) is 0 Å². The summed E-state index contributed by atoms with van der Waals surface area (Å²) in [5.74, 6) is 0.295. The Bertz CT molecular complexity index is 446. The largest absolute Gasteiger partial charge is 0.300 e. The van der Waals surface area contributed by atoms with Crippen molar-refractivity contribution in [3.63, 3.8) is 0 Å². The van der Waals surface area contributed by atoms with Gasteiger partial charge in [0.1, 0.15) is 5.78 Å². The van der Waals surface area contributed by atoms with E-state index in [4.69, 9.17) is 0 Å². The lowest BCUT2D eigenvalue weighted by Crippen LogP contribution is -2.13. The Morgan fingerprint density at radius 2 is 2.06 bits per heavy atom. The highest BCUT2D eigenvalue weighted by atomic mass is 16.1. The third-order valence-corrected chi connectivity index (χ3v) is 3.28. The van der Waals surface area contributed by atoms with E-state index in [2.05, 4.69) is 0 Å². The van der Waals surface area contributed by atoms with Gasteiger partial charge in [-0.2, -0.15) is 0 Å². The Labute approximate surface area is 95.7 Å². The van der Waals surface area contributed by atoms with Gasteiger partial charge in [-0.3, -0.25) is 9.59 Å². The smallest absolute Gasteiger partial charge is 0.166 e. The van der Waals surface area contributed by atoms with Crippen molar-refractivity contribution in [2.45, 2.75) is 33.1 Å². The predicted molar refractivity (Wildman–Crippen MR) is 62.6 cm³/mol. The van der Waals surface area contributed by atoms with Crippen molar-refractivity contribution in [3.8, 4) is 0 Å².